The number of hydrogen-bond donors (Lipinski definition) is 2. The van der Waals surface area contributed by atoms with Gasteiger partial charge in [0.2, 0.25) is 11.8 Å². The Labute approximate surface area is 137 Å². The van der Waals surface area contributed by atoms with Crippen LogP contribution in [0.2, 0.25) is 0 Å². The molecule has 126 valence electrons. The Balaban J connectivity index is 2.06. The fourth-order valence-corrected chi connectivity index (χ4v) is 3.04. The highest BCUT2D eigenvalue weighted by molar-refractivity contribution is 5.79. The Morgan fingerprint density at radius 1 is 1.35 bits per heavy atom. The van der Waals surface area contributed by atoms with Gasteiger partial charge in [0, 0.05) is 26.6 Å². The predicted octanol–water partition coefficient (Wildman–Crippen LogP) is 1.79. The Hall–Kier alpha value is -1.88. The third-order valence-electron chi connectivity index (χ3n) is 4.37. The van der Waals surface area contributed by atoms with Crippen molar-refractivity contribution < 1.29 is 14.7 Å². The van der Waals surface area contributed by atoms with Gasteiger partial charge in [0.15, 0.2) is 0 Å². The summed E-state index contributed by atoms with van der Waals surface area (Å²) in [5.74, 6) is 0.0593. The molecule has 1 aromatic rings. The number of nitrogens with one attached hydrogen (secondary N) is 1. The number of amides is 2. The van der Waals surface area contributed by atoms with E-state index in [1.165, 1.54) is 6.92 Å². The number of benzene rings is 1. The molecule has 2 atom stereocenters. The van der Waals surface area contributed by atoms with Crippen LogP contribution in [-0.2, 0) is 9.59 Å². The van der Waals surface area contributed by atoms with Crippen molar-refractivity contribution in [3.63, 3.8) is 0 Å². The fourth-order valence-electron chi connectivity index (χ4n) is 3.04. The van der Waals surface area contributed by atoms with E-state index in [1.54, 1.807) is 0 Å². The molecular formula is C18H26N2O3. The van der Waals surface area contributed by atoms with Crippen molar-refractivity contribution in [3.05, 3.63) is 35.4 Å². The number of aryl methyl sites for hydroxylation is 1. The molecule has 0 saturated carbocycles. The Morgan fingerprint density at radius 2 is 2.04 bits per heavy atom. The zero-order valence-electron chi connectivity index (χ0n) is 13.9. The molecule has 2 unspecified atom stereocenters. The summed E-state index contributed by atoms with van der Waals surface area (Å²) < 4.78 is 0. The number of aliphatic hydroxyl groups excluding tert-OH is 1. The van der Waals surface area contributed by atoms with Crippen LogP contribution >= 0.6 is 0 Å². The molecule has 1 aliphatic rings. The number of likely N-dealkylation sites (tertiary alicyclic amines) is 1. The van der Waals surface area contributed by atoms with Crippen molar-refractivity contribution in [1.29, 1.82) is 0 Å². The highest BCUT2D eigenvalue weighted by atomic mass is 16.3. The smallest absolute Gasteiger partial charge is 0.224 e. The molecule has 1 aromatic carbocycles. The van der Waals surface area contributed by atoms with E-state index in [2.05, 4.69) is 5.32 Å². The van der Waals surface area contributed by atoms with E-state index in [9.17, 15) is 14.7 Å². The van der Waals surface area contributed by atoms with Crippen molar-refractivity contribution in [2.45, 2.75) is 39.2 Å². The van der Waals surface area contributed by atoms with Crippen LogP contribution < -0.4 is 5.32 Å². The molecule has 2 rings (SSSR count). The van der Waals surface area contributed by atoms with E-state index in [0.717, 1.165) is 30.5 Å². The number of aliphatic hydroxyl groups is 1. The van der Waals surface area contributed by atoms with Crippen LogP contribution in [0.15, 0.2) is 24.3 Å². The highest BCUT2D eigenvalue weighted by Gasteiger charge is 2.26. The van der Waals surface area contributed by atoms with Crippen molar-refractivity contribution in [1.82, 2.24) is 10.2 Å². The van der Waals surface area contributed by atoms with Crippen LogP contribution in [0.4, 0.5) is 0 Å². The van der Waals surface area contributed by atoms with Gasteiger partial charge in [-0.15, -0.1) is 0 Å². The summed E-state index contributed by atoms with van der Waals surface area (Å²) >= 11 is 0. The Bertz CT molecular complexity index is 542. The van der Waals surface area contributed by atoms with Gasteiger partial charge in [-0.1, -0.05) is 29.8 Å². The van der Waals surface area contributed by atoms with Crippen molar-refractivity contribution in [2.24, 2.45) is 5.92 Å². The van der Waals surface area contributed by atoms with E-state index >= 15 is 0 Å². The van der Waals surface area contributed by atoms with Crippen LogP contribution in [0.3, 0.4) is 0 Å². The molecule has 0 radical (unpaired) electrons. The summed E-state index contributed by atoms with van der Waals surface area (Å²) in [4.78, 5) is 25.9. The summed E-state index contributed by atoms with van der Waals surface area (Å²) in [7, 11) is 0. The Morgan fingerprint density at radius 3 is 2.65 bits per heavy atom. The number of piperidine rings is 1. The molecule has 2 N–H and O–H groups in total. The molecule has 1 fully saturated rings. The maximum absolute atomic E-state index is 12.6. The molecule has 1 saturated heterocycles. The lowest BCUT2D eigenvalue weighted by Crippen LogP contribution is -2.42. The molecule has 1 aliphatic heterocycles. The monoisotopic (exact) mass is 318 g/mol. The number of rotatable bonds is 5. The SMILES string of the molecule is CC(=O)NC(CC(=O)N1CCCC(CO)C1)c1ccc(C)cc1. The van der Waals surface area contributed by atoms with Gasteiger partial charge < -0.3 is 15.3 Å². The molecule has 0 aliphatic carbocycles. The van der Waals surface area contributed by atoms with E-state index in [-0.39, 0.29) is 36.8 Å². The van der Waals surface area contributed by atoms with Gasteiger partial charge in [0.25, 0.3) is 0 Å². The van der Waals surface area contributed by atoms with E-state index in [1.807, 2.05) is 36.1 Å². The maximum Gasteiger partial charge on any atom is 0.224 e. The second-order valence-corrected chi connectivity index (χ2v) is 6.40. The van der Waals surface area contributed by atoms with Gasteiger partial charge in [-0.25, -0.2) is 0 Å². The minimum absolute atomic E-state index is 0.0301. The van der Waals surface area contributed by atoms with Crippen LogP contribution in [0, 0.1) is 12.8 Å². The van der Waals surface area contributed by atoms with Crippen molar-refractivity contribution >= 4 is 11.8 Å². The largest absolute Gasteiger partial charge is 0.396 e. The van der Waals surface area contributed by atoms with Gasteiger partial charge in [-0.05, 0) is 31.2 Å². The quantitative estimate of drug-likeness (QED) is 0.869. The first-order chi connectivity index (χ1) is 11.0. The molecule has 1 heterocycles. The summed E-state index contributed by atoms with van der Waals surface area (Å²) in [6.45, 7) is 4.93. The van der Waals surface area contributed by atoms with E-state index < -0.39 is 0 Å². The average Bonchev–Trinajstić information content (AvgIpc) is 2.54. The fraction of sp³-hybridized carbons (Fsp3) is 0.556. The first kappa shape index (κ1) is 17.5. The summed E-state index contributed by atoms with van der Waals surface area (Å²) in [6, 6.07) is 7.57. The van der Waals surface area contributed by atoms with Gasteiger partial charge in [-0.3, -0.25) is 9.59 Å². The second kappa shape index (κ2) is 8.11. The molecule has 5 nitrogen and oxygen atoms in total. The first-order valence-electron chi connectivity index (χ1n) is 8.22. The average molecular weight is 318 g/mol. The molecule has 2 amide bonds. The molecule has 0 aromatic heterocycles. The predicted molar refractivity (Wildman–Crippen MR) is 88.7 cm³/mol. The normalized spacial score (nSPS) is 19.3. The maximum atomic E-state index is 12.6. The third-order valence-corrected chi connectivity index (χ3v) is 4.37. The first-order valence-corrected chi connectivity index (χ1v) is 8.22. The standard InChI is InChI=1S/C18H26N2O3/c1-13-5-7-16(8-6-13)17(19-14(2)22)10-18(23)20-9-3-4-15(11-20)12-21/h5-8,15,17,21H,3-4,9-12H2,1-2H3,(H,19,22). The summed E-state index contributed by atoms with van der Waals surface area (Å²) in [5, 5.41) is 12.2. The summed E-state index contributed by atoms with van der Waals surface area (Å²) in [6.07, 6.45) is 2.14. The van der Waals surface area contributed by atoms with Crippen molar-refractivity contribution in [2.75, 3.05) is 19.7 Å². The Kier molecular flexibility index (Phi) is 6.16. The van der Waals surface area contributed by atoms with Crippen molar-refractivity contribution in [3.8, 4) is 0 Å². The summed E-state index contributed by atoms with van der Waals surface area (Å²) in [5.41, 5.74) is 2.08. The topological polar surface area (TPSA) is 69.6 Å². The van der Waals surface area contributed by atoms with Crippen LogP contribution in [0.25, 0.3) is 0 Å². The third kappa shape index (κ3) is 5.06. The zero-order chi connectivity index (χ0) is 16.8. The van der Waals surface area contributed by atoms with Gasteiger partial charge in [0.05, 0.1) is 12.5 Å². The van der Waals surface area contributed by atoms with Crippen LogP contribution in [-0.4, -0.2) is 41.5 Å². The molecular weight excluding hydrogens is 292 g/mol. The van der Waals surface area contributed by atoms with E-state index in [4.69, 9.17) is 0 Å². The van der Waals surface area contributed by atoms with Gasteiger partial charge >= 0.3 is 0 Å². The lowest BCUT2D eigenvalue weighted by Gasteiger charge is -2.33. The number of nitrogens with zero attached hydrogens (tertiary/aromatic N) is 1. The van der Waals surface area contributed by atoms with E-state index in [0.29, 0.717) is 6.54 Å². The molecule has 5 heteroatoms. The number of carbonyl (C=O) groups excluding carboxylic acids is 2. The van der Waals surface area contributed by atoms with Gasteiger partial charge in [-0.2, -0.15) is 0 Å². The lowest BCUT2D eigenvalue weighted by atomic mass is 9.97. The molecule has 23 heavy (non-hydrogen) atoms. The second-order valence-electron chi connectivity index (χ2n) is 6.40. The van der Waals surface area contributed by atoms with Crippen LogP contribution in [0.1, 0.15) is 43.4 Å². The highest BCUT2D eigenvalue weighted by Crippen LogP contribution is 2.22. The zero-order valence-corrected chi connectivity index (χ0v) is 13.9. The minimum atomic E-state index is -0.310. The molecule has 0 bridgehead atoms. The molecule has 0 spiro atoms. The number of carbonyl (C=O) groups is 2. The van der Waals surface area contributed by atoms with Gasteiger partial charge in [0.1, 0.15) is 0 Å². The lowest BCUT2D eigenvalue weighted by molar-refractivity contribution is -0.134. The minimum Gasteiger partial charge on any atom is -0.396 e. The number of hydrogen-bond acceptors (Lipinski definition) is 3. The van der Waals surface area contributed by atoms with Crippen LogP contribution in [0.5, 0.6) is 0 Å².